The Bertz CT molecular complexity index is 735. The third-order valence-electron chi connectivity index (χ3n) is 2.93. The molecule has 0 aromatic heterocycles. The molecule has 0 spiro atoms. The zero-order valence-electron chi connectivity index (χ0n) is 13.4. The number of hydrogen-bond donors (Lipinski definition) is 0. The molecule has 156 valence electrons. The van der Waals surface area contributed by atoms with Crippen LogP contribution >= 0.6 is 20.4 Å². The fourth-order valence-electron chi connectivity index (χ4n) is 2.10. The average molecular weight is 442 g/mol. The second-order valence-electron chi connectivity index (χ2n) is 5.37. The van der Waals surface area contributed by atoms with Gasteiger partial charge in [-0.05, 0) is 31.0 Å². The average Bonchev–Trinajstić information content (AvgIpc) is 2.34. The molecule has 1 rings (SSSR count). The van der Waals surface area contributed by atoms with Crippen LogP contribution in [0.5, 0.6) is 5.75 Å². The Labute approximate surface area is 143 Å². The Morgan fingerprint density at radius 1 is 0.808 bits per heavy atom. The van der Waals surface area contributed by atoms with Crippen LogP contribution in [0.15, 0.2) is 28.0 Å². The Morgan fingerprint density at radius 3 is 1.69 bits per heavy atom. The fraction of sp³-hybridized carbons (Fsp3) is 0.385. The first kappa shape index (κ1) is 22.8. The van der Waals surface area contributed by atoms with Crippen molar-refractivity contribution < 1.29 is 43.6 Å². The van der Waals surface area contributed by atoms with E-state index < -0.39 is 48.2 Å². The normalized spacial score (nSPS) is 18.8. The van der Waals surface area contributed by atoms with E-state index in [0.717, 1.165) is 13.0 Å². The van der Waals surface area contributed by atoms with Crippen LogP contribution < -0.4 is 4.74 Å². The summed E-state index contributed by atoms with van der Waals surface area (Å²) >= 11 is 0. The molecule has 0 heterocycles. The van der Waals surface area contributed by atoms with E-state index in [0.29, 0.717) is 12.5 Å². The molecule has 0 fully saturated rings. The standard InChI is InChI=1S/C13H16F10OS2/c1-3-5-6-7-10-8-9-11(24-4-2)13(26(19,20,21,22)23)12(10)25(14,15,16,17)18/h6-9H,3-5H2,1-2H3/b7-6+. The highest BCUT2D eigenvalue weighted by atomic mass is 32.5. The van der Waals surface area contributed by atoms with E-state index in [-0.39, 0.29) is 18.6 Å². The molecule has 0 saturated carbocycles. The predicted molar refractivity (Wildman–Crippen MR) is 84.3 cm³/mol. The lowest BCUT2D eigenvalue weighted by atomic mass is 10.2. The number of benzene rings is 1. The van der Waals surface area contributed by atoms with Crippen LogP contribution in [0.2, 0.25) is 0 Å². The third-order valence-corrected chi connectivity index (χ3v) is 5.45. The molecule has 0 radical (unpaired) electrons. The minimum atomic E-state index is -11.2. The molecule has 26 heavy (non-hydrogen) atoms. The Morgan fingerprint density at radius 2 is 1.31 bits per heavy atom. The van der Waals surface area contributed by atoms with Crippen LogP contribution in [0.25, 0.3) is 6.08 Å². The van der Waals surface area contributed by atoms with Gasteiger partial charge in [-0.25, -0.2) is 0 Å². The van der Waals surface area contributed by atoms with Crippen molar-refractivity contribution >= 4 is 26.5 Å². The second kappa shape index (κ2) is 5.18. The number of unbranched alkanes of at least 4 members (excludes halogenated alkanes) is 1. The second-order valence-corrected chi connectivity index (χ2v) is 10.1. The molecule has 0 aliphatic heterocycles. The molecule has 1 aromatic rings. The summed E-state index contributed by atoms with van der Waals surface area (Å²) in [6.07, 6.45) is 1.59. The van der Waals surface area contributed by atoms with Crippen molar-refractivity contribution in [1.82, 2.24) is 0 Å². The number of allylic oxidation sites excluding steroid dienone is 1. The number of halogens is 10. The highest BCUT2D eigenvalue weighted by Crippen LogP contribution is 3.10. The first-order valence-corrected chi connectivity index (χ1v) is 11.0. The van der Waals surface area contributed by atoms with Crippen LogP contribution in [0, 0.1) is 0 Å². The molecule has 0 unspecified atom stereocenters. The van der Waals surface area contributed by atoms with E-state index in [9.17, 15) is 38.9 Å². The first-order chi connectivity index (χ1) is 11.1. The number of ether oxygens (including phenoxy) is 1. The van der Waals surface area contributed by atoms with E-state index >= 15 is 0 Å². The lowest BCUT2D eigenvalue weighted by Gasteiger charge is -2.48. The third kappa shape index (κ3) is 5.63. The zero-order valence-corrected chi connectivity index (χ0v) is 15.1. The van der Waals surface area contributed by atoms with Gasteiger partial charge in [-0.2, -0.15) is 0 Å². The molecule has 0 amide bonds. The summed E-state index contributed by atoms with van der Waals surface area (Å²) in [5.41, 5.74) is -1.70. The SMILES string of the molecule is CCC/C=C/c1ccc(OCC)c(S(F)(F)(F)(F)F)c1S(F)(F)(F)(F)F. The summed E-state index contributed by atoms with van der Waals surface area (Å²) in [6, 6.07) is 0.423. The minimum Gasteiger partial charge on any atom is -0.492 e. The maximum atomic E-state index is 13.4. The van der Waals surface area contributed by atoms with Crippen LogP contribution in [0.1, 0.15) is 32.3 Å². The molecule has 0 bridgehead atoms. The molecule has 1 aromatic carbocycles. The molecule has 0 atom stereocenters. The van der Waals surface area contributed by atoms with Gasteiger partial charge >= 0.3 is 20.4 Å². The Hall–Kier alpha value is -1.24. The van der Waals surface area contributed by atoms with Gasteiger partial charge in [-0.3, -0.25) is 0 Å². The highest BCUT2D eigenvalue weighted by Gasteiger charge is 2.77. The fourth-order valence-corrected chi connectivity index (χ4v) is 5.05. The topological polar surface area (TPSA) is 9.23 Å². The molecule has 13 heteroatoms. The zero-order chi connectivity index (χ0) is 20.8. The summed E-state index contributed by atoms with van der Waals surface area (Å²) in [4.78, 5) is -7.42. The summed E-state index contributed by atoms with van der Waals surface area (Å²) in [7, 11) is -22.4. The van der Waals surface area contributed by atoms with Crippen molar-refractivity contribution in [3.05, 3.63) is 23.8 Å². The molecular weight excluding hydrogens is 426 g/mol. The van der Waals surface area contributed by atoms with Crippen LogP contribution in [0.4, 0.5) is 38.9 Å². The van der Waals surface area contributed by atoms with Crippen molar-refractivity contribution in [2.75, 3.05) is 6.61 Å². The van der Waals surface area contributed by atoms with Gasteiger partial charge in [0, 0.05) is 0 Å². The van der Waals surface area contributed by atoms with Crippen LogP contribution in [-0.2, 0) is 0 Å². The Kier molecular flexibility index (Phi) is 4.54. The van der Waals surface area contributed by atoms with Crippen LogP contribution in [0.3, 0.4) is 0 Å². The summed E-state index contributed by atoms with van der Waals surface area (Å²) in [6.45, 7) is 1.82. The largest absolute Gasteiger partial charge is 0.492 e. The van der Waals surface area contributed by atoms with Crippen molar-refractivity contribution in [2.24, 2.45) is 0 Å². The lowest BCUT2D eigenvalue weighted by Crippen LogP contribution is -2.19. The maximum absolute atomic E-state index is 13.4. The molecule has 0 aliphatic carbocycles. The van der Waals surface area contributed by atoms with Gasteiger partial charge < -0.3 is 4.74 Å². The molecule has 1 nitrogen and oxygen atoms in total. The minimum absolute atomic E-state index is 0.0404. The van der Waals surface area contributed by atoms with E-state index in [1.165, 1.54) is 0 Å². The first-order valence-electron chi connectivity index (χ1n) is 7.05. The summed E-state index contributed by atoms with van der Waals surface area (Å²) in [5.74, 6) is -2.00. The van der Waals surface area contributed by atoms with Gasteiger partial charge in [0.25, 0.3) is 0 Å². The summed E-state index contributed by atoms with van der Waals surface area (Å²) < 4.78 is 138. The van der Waals surface area contributed by atoms with E-state index in [2.05, 4.69) is 4.74 Å². The lowest BCUT2D eigenvalue weighted by molar-refractivity contribution is 0.298. The van der Waals surface area contributed by atoms with Gasteiger partial charge in [0.2, 0.25) is 0 Å². The highest BCUT2D eigenvalue weighted by molar-refractivity contribution is 8.48. The Balaban J connectivity index is 4.18. The molecule has 0 N–H and O–H groups in total. The van der Waals surface area contributed by atoms with Crippen molar-refractivity contribution in [2.45, 2.75) is 36.5 Å². The van der Waals surface area contributed by atoms with Gasteiger partial charge in [-0.15, -0.1) is 0 Å². The van der Waals surface area contributed by atoms with Gasteiger partial charge in [-0.1, -0.05) is 64.4 Å². The molecular formula is C13H16F10OS2. The predicted octanol–water partition coefficient (Wildman–Crippen LogP) is 9.21. The monoisotopic (exact) mass is 442 g/mol. The molecule has 0 aliphatic rings. The van der Waals surface area contributed by atoms with Gasteiger partial charge in [0.05, 0.1) is 6.61 Å². The van der Waals surface area contributed by atoms with E-state index in [1.54, 1.807) is 6.92 Å². The van der Waals surface area contributed by atoms with E-state index in [4.69, 9.17) is 0 Å². The number of hydrogen-bond acceptors (Lipinski definition) is 1. The maximum Gasteiger partial charge on any atom is 0.315 e. The van der Waals surface area contributed by atoms with Gasteiger partial charge in [0.15, 0.2) is 4.90 Å². The number of rotatable bonds is 7. The van der Waals surface area contributed by atoms with E-state index in [1.807, 2.05) is 0 Å². The quantitative estimate of drug-likeness (QED) is 0.383. The molecule has 0 saturated heterocycles. The van der Waals surface area contributed by atoms with Gasteiger partial charge in [0.1, 0.15) is 10.6 Å². The van der Waals surface area contributed by atoms with Crippen LogP contribution in [-0.4, -0.2) is 6.61 Å². The smallest absolute Gasteiger partial charge is 0.315 e. The summed E-state index contributed by atoms with van der Waals surface area (Å²) in [5, 5.41) is 0. The van der Waals surface area contributed by atoms with Crippen molar-refractivity contribution in [3.8, 4) is 5.75 Å². The van der Waals surface area contributed by atoms with Crippen molar-refractivity contribution in [3.63, 3.8) is 0 Å². The van der Waals surface area contributed by atoms with Crippen molar-refractivity contribution in [1.29, 1.82) is 0 Å².